The van der Waals surface area contributed by atoms with Crippen molar-refractivity contribution < 1.29 is 122 Å². The van der Waals surface area contributed by atoms with Gasteiger partial charge in [-0.15, -0.1) is 0 Å². The van der Waals surface area contributed by atoms with E-state index in [4.69, 9.17) is 44.9 Å². The number of aromatic amines is 3. The molecule has 0 radical (unpaired) electrons. The lowest BCUT2D eigenvalue weighted by atomic mass is 10.00. The van der Waals surface area contributed by atoms with Gasteiger partial charge in [-0.3, -0.25) is 97.7 Å². The predicted octanol–water partition coefficient (Wildman–Crippen LogP) is -8.33. The average Bonchev–Trinajstić information content (AvgIpc) is 1.56. The molecule has 0 aliphatic carbocycles. The number of aliphatic hydroxyl groups is 3. The van der Waals surface area contributed by atoms with Crippen molar-refractivity contribution >= 4 is 146 Å². The average molecular weight is 2040 g/mol. The summed E-state index contributed by atoms with van der Waals surface area (Å²) >= 11 is 0. The normalized spacial score (nSPS) is 15.2. The molecule has 7 aromatic rings. The minimum Gasteiger partial charge on any atom is -0.508 e. The van der Waals surface area contributed by atoms with E-state index in [1.54, 1.807) is 85.1 Å². The Hall–Kier alpha value is -16.9. The van der Waals surface area contributed by atoms with Crippen LogP contribution in [0.15, 0.2) is 128 Å². The number of hydrogen-bond acceptors (Lipinski definition) is 27. The van der Waals surface area contributed by atoms with Gasteiger partial charge in [-0.2, -0.15) is 0 Å². The molecule has 3 aromatic heterocycles. The fourth-order valence-electron chi connectivity index (χ4n) is 15.8. The molecule has 4 heterocycles. The molecule has 1 fully saturated rings. The first-order valence-corrected chi connectivity index (χ1v) is 46.5. The van der Waals surface area contributed by atoms with Crippen LogP contribution in [0.4, 0.5) is 0 Å². The Morgan fingerprint density at radius 3 is 1.27 bits per heavy atom. The number of para-hydroxylation sites is 2. The topological polar surface area (TPSA) is 906 Å². The Kier molecular flexibility index (Phi) is 44.4. The van der Waals surface area contributed by atoms with E-state index >= 15 is 24.0 Å². The number of aliphatic carboxylic acids is 3. The Labute approximate surface area is 833 Å². The number of carboxylic acids is 3. The van der Waals surface area contributed by atoms with Gasteiger partial charge in [-0.1, -0.05) is 78.9 Å². The summed E-state index contributed by atoms with van der Waals surface area (Å²) in [6.07, 6.45) is -2.81. The number of aliphatic hydroxyl groups excluding tert-OH is 3. The van der Waals surface area contributed by atoms with Crippen molar-refractivity contribution in [3.05, 3.63) is 156 Å². The highest BCUT2D eigenvalue weighted by molar-refractivity contribution is 6.03. The molecular weight excluding hydrogens is 1910 g/mol. The number of phenols is 1. The van der Waals surface area contributed by atoms with Crippen molar-refractivity contribution in [1.29, 1.82) is 16.2 Å². The van der Waals surface area contributed by atoms with Crippen LogP contribution < -0.4 is 114 Å². The van der Waals surface area contributed by atoms with Crippen LogP contribution in [0, 0.1) is 16.2 Å². The number of carbonyl (C=O) groups is 18. The number of rotatable bonds is 60. The standard InChI is InChI=1S/C92H125N29O25/c1-46(124)74(87(143)119-69(44-123)85(141)111-61(89(145)146)21-11-31-104-92(99)100)120-86(142)70-22-12-32-121(70)88(144)68(38-71(94)126)118-80(136)63(34-48-23-25-52(125)26-24-48)113-84(140)67(39-73(129)130)117-77(133)59(20-10-30-103-91(97)98)109-81(137)64(35-49-40-105-56-17-7-5-15-53(49)56)115-79(135)62(33-47-13-3-2-4-14-47)112-83(139)66(37-51-42-101-45-107-51)116-82(138)65(36-50-41-106-57-18-8-6-16-54(50)57)114-78(134)60(27-28-72(127)128)110-76(132)58(19-9-29-102-90(95)96)108-75(131)55(93)43-122/h2-8,13-18,23-26,40-42,45-46,55,58-70,74,105-106,122-125H,9-12,19-22,27-39,43-44,93H2,1H3,(H2,94,126)(H,101,107)(H,108,131)(H,109,137)(H,110,132)(H,111,141)(H,112,139)(H,113,140)(H,114,134)(H,115,135)(H,116,138)(H,117,133)(H,118,136)(H,119,143)(H,120,142)(H,127,128)(H,129,130)(H,145,146)(H4,95,96,102)(H4,97,98,103)(H4,99,100,104)/t46-,55+,58+,59+,60+,61+,62+,63+,64+,65+,66+,67+,68+,69+,70+,74+/m1/s1. The molecule has 15 amide bonds. The van der Waals surface area contributed by atoms with Crippen molar-refractivity contribution in [2.75, 3.05) is 39.4 Å². The minimum absolute atomic E-state index is 0.0163. The molecule has 54 nitrogen and oxygen atoms in total. The summed E-state index contributed by atoms with van der Waals surface area (Å²) in [6, 6.07) is -0.0639. The summed E-state index contributed by atoms with van der Waals surface area (Å²) in [7, 11) is 0. The fraction of sp³-hybridized carbons (Fsp3) is 0.435. The quantitative estimate of drug-likeness (QED) is 0.00956. The first-order chi connectivity index (χ1) is 69.5. The second kappa shape index (κ2) is 56.7. The van der Waals surface area contributed by atoms with E-state index in [1.807, 2.05) is 0 Å². The van der Waals surface area contributed by atoms with E-state index in [-0.39, 0.29) is 101 Å². The van der Waals surface area contributed by atoms with Gasteiger partial charge >= 0.3 is 17.9 Å². The van der Waals surface area contributed by atoms with Gasteiger partial charge in [0, 0.05) is 105 Å². The summed E-state index contributed by atoms with van der Waals surface area (Å²) in [6.45, 7) is -1.28. The Morgan fingerprint density at radius 1 is 0.432 bits per heavy atom. The Morgan fingerprint density at radius 2 is 0.829 bits per heavy atom. The third-order valence-electron chi connectivity index (χ3n) is 23.4. The van der Waals surface area contributed by atoms with Crippen LogP contribution in [-0.4, -0.2) is 321 Å². The zero-order chi connectivity index (χ0) is 107. The maximum Gasteiger partial charge on any atom is 0.326 e. The van der Waals surface area contributed by atoms with Crippen molar-refractivity contribution in [1.82, 2.24) is 110 Å². The molecule has 16 atom stereocenters. The lowest BCUT2D eigenvalue weighted by Gasteiger charge is -2.31. The summed E-state index contributed by atoms with van der Waals surface area (Å²) in [4.78, 5) is 270. The number of fused-ring (bicyclic) bond motifs is 2. The molecule has 788 valence electrons. The number of nitrogens with two attached hydrogens (primary N) is 5. The molecule has 54 heteroatoms. The number of amides is 15. The van der Waals surface area contributed by atoms with Crippen LogP contribution in [0.2, 0.25) is 0 Å². The summed E-state index contributed by atoms with van der Waals surface area (Å²) in [5.41, 5.74) is 30.4. The number of phenolic OH excluding ortho intramolecular Hbond substituents is 1. The number of aromatic nitrogens is 4. The number of nitrogens with one attached hydrogen (secondary N) is 22. The van der Waals surface area contributed by atoms with Gasteiger partial charge in [-0.25, -0.2) is 9.78 Å². The number of aromatic hydroxyl groups is 1. The highest BCUT2D eigenvalue weighted by Crippen LogP contribution is 2.25. The molecule has 0 unspecified atom stereocenters. The summed E-state index contributed by atoms with van der Waals surface area (Å²) in [5, 5.41) is 134. The molecule has 8 rings (SSSR count). The minimum atomic E-state index is -2.21. The zero-order valence-electron chi connectivity index (χ0n) is 79.4. The number of benzene rings is 4. The van der Waals surface area contributed by atoms with Crippen molar-refractivity contribution in [2.24, 2.45) is 28.7 Å². The lowest BCUT2D eigenvalue weighted by molar-refractivity contribution is -0.144. The maximum absolute atomic E-state index is 15.7. The lowest BCUT2D eigenvalue weighted by Crippen LogP contribution is -2.62. The number of guanidine groups is 3. The van der Waals surface area contributed by atoms with Crippen LogP contribution in [0.1, 0.15) is 112 Å². The monoisotopic (exact) mass is 2040 g/mol. The number of nitrogens with zero attached hydrogens (tertiary/aromatic N) is 2. The molecule has 1 saturated heterocycles. The number of carbonyl (C=O) groups excluding carboxylic acids is 15. The van der Waals surface area contributed by atoms with Gasteiger partial charge in [-0.05, 0) is 111 Å². The Balaban J connectivity index is 1.07. The first kappa shape index (κ1) is 114. The fourth-order valence-corrected chi connectivity index (χ4v) is 15.8. The third-order valence-corrected chi connectivity index (χ3v) is 23.4. The zero-order valence-corrected chi connectivity index (χ0v) is 79.4. The van der Waals surface area contributed by atoms with Crippen LogP contribution >= 0.6 is 0 Å². The van der Waals surface area contributed by atoms with Crippen LogP contribution in [0.25, 0.3) is 21.8 Å². The third kappa shape index (κ3) is 36.2. The molecule has 146 heavy (non-hydrogen) atoms. The molecule has 0 saturated carbocycles. The molecule has 1 aliphatic rings. The van der Waals surface area contributed by atoms with Gasteiger partial charge < -0.3 is 169 Å². The van der Waals surface area contributed by atoms with Crippen molar-refractivity contribution in [3.63, 3.8) is 0 Å². The molecule has 4 aromatic carbocycles. The highest BCUT2D eigenvalue weighted by Gasteiger charge is 2.44. The van der Waals surface area contributed by atoms with Gasteiger partial charge in [0.1, 0.15) is 96.4 Å². The number of likely N-dealkylation sites (tertiary alicyclic amines) is 1. The molecule has 0 bridgehead atoms. The maximum atomic E-state index is 15.7. The van der Waals surface area contributed by atoms with E-state index in [9.17, 15) is 98.1 Å². The van der Waals surface area contributed by atoms with Crippen molar-refractivity contribution in [2.45, 2.75) is 213 Å². The second-order valence-corrected chi connectivity index (χ2v) is 34.6. The summed E-state index contributed by atoms with van der Waals surface area (Å²) in [5.74, 6) is -23.8. The van der Waals surface area contributed by atoms with E-state index in [0.717, 1.165) is 11.8 Å². The number of H-pyrrole nitrogens is 3. The predicted molar refractivity (Wildman–Crippen MR) is 520 cm³/mol. The Bertz CT molecular complexity index is 5770. The van der Waals surface area contributed by atoms with Crippen LogP contribution in [-0.2, 0) is 118 Å². The van der Waals surface area contributed by atoms with Gasteiger partial charge in [0.2, 0.25) is 88.6 Å². The number of primary amides is 1. The number of imidazole rings is 1. The first-order valence-electron chi connectivity index (χ1n) is 46.5. The smallest absolute Gasteiger partial charge is 0.326 e. The van der Waals surface area contributed by atoms with E-state index in [0.29, 0.717) is 38.5 Å². The van der Waals surface area contributed by atoms with Crippen LogP contribution in [0.3, 0.4) is 0 Å². The van der Waals surface area contributed by atoms with Gasteiger partial charge in [0.05, 0.1) is 44.2 Å². The second-order valence-electron chi connectivity index (χ2n) is 34.6. The number of hydrogen-bond donors (Lipinski definition) is 34. The van der Waals surface area contributed by atoms with Crippen molar-refractivity contribution in [3.8, 4) is 5.75 Å². The SMILES string of the molecule is C[C@@H](O)[C@H](NC(=O)[C@@H]1CCCN1C(=O)[C@H](CC(N)=O)NC(=O)[C@H](Cc1ccc(O)cc1)NC(=O)[C@H](CC(=O)O)NC(=O)[C@H](CCCNC(=N)N)NC(=O)[C@H](Cc1c[nH]c2ccccc12)NC(=O)[C@H](Cc1ccccc1)NC(=O)[C@H](Cc1c[nH]cn1)NC(=O)[C@H](Cc1c[nH]c2ccccc12)NC(=O)[C@H](CCC(=O)O)NC(=O)[C@H](CCCNC(=N)N)NC(=O)[C@@H](N)CO)C(=O)N[C@@H](CO)C(=O)N[C@@H](CCCNC(=N)N)C(=O)O. The highest BCUT2D eigenvalue weighted by atomic mass is 16.4. The van der Waals surface area contributed by atoms with E-state index < -0.39 is 286 Å². The number of carboxylic acid groups (broad SMARTS) is 3. The largest absolute Gasteiger partial charge is 0.508 e. The van der Waals surface area contributed by atoms with E-state index in [1.165, 1.54) is 43.0 Å². The molecular formula is C92H125N29O25. The molecule has 0 spiro atoms. The van der Waals surface area contributed by atoms with E-state index in [2.05, 4.69) is 105 Å². The van der Waals surface area contributed by atoms with Gasteiger partial charge in [0.15, 0.2) is 17.9 Å². The summed E-state index contributed by atoms with van der Waals surface area (Å²) < 4.78 is 0. The molecule has 39 N–H and O–H groups in total. The molecule has 1 aliphatic heterocycles. The van der Waals surface area contributed by atoms with Crippen LogP contribution in [0.5, 0.6) is 5.75 Å². The van der Waals surface area contributed by atoms with Gasteiger partial charge in [0.25, 0.3) is 0 Å².